The lowest BCUT2D eigenvalue weighted by Crippen LogP contribution is -2.02. The van der Waals surface area contributed by atoms with E-state index in [4.69, 9.17) is 10.3 Å². The van der Waals surface area contributed by atoms with Crippen LogP contribution in [-0.4, -0.2) is 22.0 Å². The molecule has 0 aliphatic rings. The Bertz CT molecular complexity index is 536. The zero-order valence-electron chi connectivity index (χ0n) is 10.8. The highest BCUT2D eigenvalue weighted by Gasteiger charge is 2.05. The number of oxime groups is 1. The van der Waals surface area contributed by atoms with Gasteiger partial charge in [0.1, 0.15) is 5.71 Å². The molecule has 0 atom stereocenters. The van der Waals surface area contributed by atoms with Crippen LogP contribution in [0.1, 0.15) is 11.1 Å². The molecule has 0 unspecified atom stereocenters. The first-order valence-corrected chi connectivity index (χ1v) is 5.87. The predicted octanol–water partition coefficient (Wildman–Crippen LogP) is 3.17. The molecule has 4 heteroatoms. The molecule has 0 saturated heterocycles. The number of hydrogen-bond acceptors (Lipinski definition) is 3. The molecule has 102 valence electrons. The summed E-state index contributed by atoms with van der Waals surface area (Å²) in [5.74, 6) is -0.981. The number of rotatable bonds is 3. The minimum Gasteiger partial charge on any atom is -0.478 e. The maximum atomic E-state index is 9.25. The lowest BCUT2D eigenvalue weighted by atomic mass is 10.0. The van der Waals surface area contributed by atoms with Crippen LogP contribution in [0.3, 0.4) is 0 Å². The van der Waals surface area contributed by atoms with E-state index in [9.17, 15) is 4.79 Å². The number of carbonyl (C=O) groups is 1. The Morgan fingerprint density at radius 3 is 1.55 bits per heavy atom. The Hall–Kier alpha value is -2.88. The largest absolute Gasteiger partial charge is 0.478 e. The fraction of sp³-hybridized carbons (Fsp3) is 0. The predicted molar refractivity (Wildman–Crippen MR) is 78.1 cm³/mol. The highest BCUT2D eigenvalue weighted by Crippen LogP contribution is 2.09. The molecule has 2 aromatic rings. The molecule has 4 nitrogen and oxygen atoms in total. The third kappa shape index (κ3) is 4.78. The van der Waals surface area contributed by atoms with E-state index in [1.807, 2.05) is 60.7 Å². The molecule has 0 saturated carbocycles. The Morgan fingerprint density at radius 2 is 1.30 bits per heavy atom. The maximum Gasteiger partial charge on any atom is 0.327 e. The molecule has 0 aliphatic carbocycles. The van der Waals surface area contributed by atoms with E-state index in [2.05, 4.69) is 11.7 Å². The highest BCUT2D eigenvalue weighted by molar-refractivity contribution is 6.12. The van der Waals surface area contributed by atoms with Crippen molar-refractivity contribution in [1.82, 2.24) is 0 Å². The van der Waals surface area contributed by atoms with Crippen molar-refractivity contribution in [3.63, 3.8) is 0 Å². The third-order valence-electron chi connectivity index (χ3n) is 2.37. The number of nitrogens with zero attached hydrogens (tertiary/aromatic N) is 1. The van der Waals surface area contributed by atoms with Crippen LogP contribution in [0.5, 0.6) is 0 Å². The van der Waals surface area contributed by atoms with Crippen molar-refractivity contribution in [2.45, 2.75) is 0 Å². The van der Waals surface area contributed by atoms with Crippen LogP contribution < -0.4 is 0 Å². The van der Waals surface area contributed by atoms with Crippen molar-refractivity contribution in [1.29, 1.82) is 0 Å². The zero-order chi connectivity index (χ0) is 14.8. The van der Waals surface area contributed by atoms with Crippen LogP contribution in [-0.2, 0) is 4.79 Å². The number of carboxylic acid groups (broad SMARTS) is 1. The summed E-state index contributed by atoms with van der Waals surface area (Å²) in [7, 11) is 0. The fourth-order valence-corrected chi connectivity index (χ4v) is 1.47. The van der Waals surface area contributed by atoms with Crippen LogP contribution in [0.4, 0.5) is 0 Å². The van der Waals surface area contributed by atoms with Gasteiger partial charge in [-0.25, -0.2) is 4.79 Å². The van der Waals surface area contributed by atoms with Gasteiger partial charge >= 0.3 is 5.97 Å². The summed E-state index contributed by atoms with van der Waals surface area (Å²) < 4.78 is 0. The second kappa shape index (κ2) is 8.26. The van der Waals surface area contributed by atoms with Crippen LogP contribution in [0.2, 0.25) is 0 Å². The van der Waals surface area contributed by atoms with Crippen LogP contribution in [0, 0.1) is 0 Å². The Kier molecular flexibility index (Phi) is 6.27. The van der Waals surface area contributed by atoms with Gasteiger partial charge in [-0.2, -0.15) is 0 Å². The van der Waals surface area contributed by atoms with E-state index in [0.717, 1.165) is 17.2 Å². The minimum atomic E-state index is -0.981. The van der Waals surface area contributed by atoms with Crippen LogP contribution in [0.25, 0.3) is 0 Å². The van der Waals surface area contributed by atoms with E-state index < -0.39 is 5.97 Å². The summed E-state index contributed by atoms with van der Waals surface area (Å²) in [6, 6.07) is 19.2. The molecule has 0 spiro atoms. The quantitative estimate of drug-likeness (QED) is 0.389. The topological polar surface area (TPSA) is 69.9 Å². The molecule has 2 aromatic carbocycles. The zero-order valence-corrected chi connectivity index (χ0v) is 10.8. The molecule has 0 amide bonds. The van der Waals surface area contributed by atoms with Gasteiger partial charge in [-0.05, 0) is 0 Å². The van der Waals surface area contributed by atoms with Gasteiger partial charge in [0.05, 0.1) is 0 Å². The van der Waals surface area contributed by atoms with Crippen molar-refractivity contribution in [2.75, 3.05) is 0 Å². The molecule has 0 heterocycles. The van der Waals surface area contributed by atoms with Gasteiger partial charge in [-0.1, -0.05) is 72.4 Å². The molecular formula is C16H15NO3. The fourth-order valence-electron chi connectivity index (χ4n) is 1.47. The molecule has 0 radical (unpaired) electrons. The van der Waals surface area contributed by atoms with E-state index in [0.29, 0.717) is 5.71 Å². The summed E-state index contributed by atoms with van der Waals surface area (Å²) in [6.07, 6.45) is 0.833. The summed E-state index contributed by atoms with van der Waals surface area (Å²) in [6.45, 7) is 2.96. The van der Waals surface area contributed by atoms with Gasteiger partial charge in [-0.15, -0.1) is 0 Å². The number of carboxylic acids is 1. The Balaban J connectivity index is 0.000000347. The Morgan fingerprint density at radius 1 is 0.950 bits per heavy atom. The lowest BCUT2D eigenvalue weighted by Gasteiger charge is -2.03. The summed E-state index contributed by atoms with van der Waals surface area (Å²) >= 11 is 0. The monoisotopic (exact) mass is 269 g/mol. The van der Waals surface area contributed by atoms with Crippen LogP contribution in [0.15, 0.2) is 78.5 Å². The molecule has 2 N–H and O–H groups in total. The van der Waals surface area contributed by atoms with E-state index in [-0.39, 0.29) is 0 Å². The smallest absolute Gasteiger partial charge is 0.327 e. The number of benzene rings is 2. The summed E-state index contributed by atoms with van der Waals surface area (Å²) in [5, 5.41) is 20.0. The van der Waals surface area contributed by atoms with Crippen molar-refractivity contribution in [3.8, 4) is 0 Å². The van der Waals surface area contributed by atoms with Gasteiger partial charge in [0.25, 0.3) is 0 Å². The Labute approximate surface area is 117 Å². The van der Waals surface area contributed by atoms with Crippen molar-refractivity contribution in [2.24, 2.45) is 5.16 Å². The van der Waals surface area contributed by atoms with E-state index in [1.165, 1.54) is 0 Å². The molecule has 0 aliphatic heterocycles. The third-order valence-corrected chi connectivity index (χ3v) is 2.37. The number of aliphatic carboxylic acids is 1. The first kappa shape index (κ1) is 15.2. The molecule has 0 aromatic heterocycles. The molecule has 0 bridgehead atoms. The summed E-state index contributed by atoms with van der Waals surface area (Å²) in [4.78, 5) is 9.25. The average molecular weight is 269 g/mol. The van der Waals surface area contributed by atoms with Crippen molar-refractivity contribution in [3.05, 3.63) is 84.4 Å². The van der Waals surface area contributed by atoms with Crippen molar-refractivity contribution < 1.29 is 15.1 Å². The second-order valence-electron chi connectivity index (χ2n) is 3.72. The van der Waals surface area contributed by atoms with Gasteiger partial charge in [0.2, 0.25) is 0 Å². The molecule has 20 heavy (non-hydrogen) atoms. The molecule has 2 rings (SSSR count). The molecule has 0 fully saturated rings. The normalized spacial score (nSPS) is 8.80. The van der Waals surface area contributed by atoms with Gasteiger partial charge in [-0.3, -0.25) is 0 Å². The standard InChI is InChI=1S/C13H11NO.C3H4O2/c15-14-13(11-7-3-1-4-8-11)12-9-5-2-6-10-12;1-2-3(4)5/h1-10,15H;2H,1H2,(H,4,5). The van der Waals surface area contributed by atoms with Gasteiger partial charge in [0, 0.05) is 17.2 Å². The first-order valence-electron chi connectivity index (χ1n) is 5.87. The van der Waals surface area contributed by atoms with E-state index >= 15 is 0 Å². The van der Waals surface area contributed by atoms with Crippen LogP contribution >= 0.6 is 0 Å². The first-order chi connectivity index (χ1) is 9.69. The number of hydrogen-bond donors (Lipinski definition) is 2. The minimum absolute atomic E-state index is 0.594. The van der Waals surface area contributed by atoms with Crippen molar-refractivity contribution >= 4 is 11.7 Å². The average Bonchev–Trinajstić information content (AvgIpc) is 2.51. The maximum absolute atomic E-state index is 9.25. The second-order valence-corrected chi connectivity index (χ2v) is 3.72. The lowest BCUT2D eigenvalue weighted by molar-refractivity contribution is -0.131. The van der Waals surface area contributed by atoms with Gasteiger partial charge in [0.15, 0.2) is 0 Å². The summed E-state index contributed by atoms with van der Waals surface area (Å²) in [5.41, 5.74) is 2.41. The molecular weight excluding hydrogens is 254 g/mol. The highest BCUT2D eigenvalue weighted by atomic mass is 16.4. The van der Waals surface area contributed by atoms with E-state index in [1.54, 1.807) is 0 Å². The SMILES string of the molecule is C=CC(=O)O.ON=C(c1ccccc1)c1ccccc1. The van der Waals surface area contributed by atoms with Gasteiger partial charge < -0.3 is 10.3 Å².